The van der Waals surface area contributed by atoms with Crippen LogP contribution in [0.2, 0.25) is 0 Å². The second kappa shape index (κ2) is 66.5. The van der Waals surface area contributed by atoms with E-state index >= 15 is 0 Å². The summed E-state index contributed by atoms with van der Waals surface area (Å²) in [4.78, 5) is 58.3. The van der Waals surface area contributed by atoms with Crippen LogP contribution >= 0.6 is 15.6 Å². The van der Waals surface area contributed by atoms with E-state index in [-0.39, 0.29) is 19.3 Å². The number of unbranched alkanes of at least 4 members (excludes halogenated alkanes) is 28. The molecule has 0 saturated carbocycles. The van der Waals surface area contributed by atoms with Gasteiger partial charge in [0.25, 0.3) is 0 Å². The highest BCUT2D eigenvalue weighted by Crippen LogP contribution is 2.45. The van der Waals surface area contributed by atoms with E-state index in [1.54, 1.807) is 0 Å². The molecule has 0 bridgehead atoms. The number of ether oxygens (including phenoxy) is 3. The standard InChI is InChI=1S/C73H128O16P2/c1-4-7-10-13-16-19-22-24-26-28-30-31-32-33-34-35-37-39-40-42-45-47-50-53-56-59-71(76)83-62-68(74)63-85-90(79,80)86-64-69(75)65-87-91(81,82)88-67-70(89-73(78)61-58-55-52-49-44-21-18-15-12-9-6-3)66-84-72(77)60-57-54-51-48-46-43-41-38-36-29-27-25-23-20-17-14-11-8-5-2/h15-20,24-27,30-31,33-34,36,38,68-70,74-75H,4-14,21-23,28-29,32,35,37,39-67H2,1-3H3,(H,79,80)(H,81,82)/b18-15-,19-16-,20-17-,26-24-,27-25-,31-30-,34-33-,38-36-. The Labute approximate surface area is 552 Å². The Morgan fingerprint density at radius 1 is 0.308 bits per heavy atom. The van der Waals surface area contributed by atoms with Crippen molar-refractivity contribution in [1.82, 2.24) is 0 Å². The molecule has 91 heavy (non-hydrogen) atoms. The minimum Gasteiger partial charge on any atom is -0.463 e. The first-order valence-electron chi connectivity index (χ1n) is 35.5. The van der Waals surface area contributed by atoms with Crippen molar-refractivity contribution in [2.45, 2.75) is 309 Å². The summed E-state index contributed by atoms with van der Waals surface area (Å²) in [5, 5.41) is 20.6. The van der Waals surface area contributed by atoms with E-state index in [0.29, 0.717) is 19.3 Å². The molecule has 0 aliphatic carbocycles. The summed E-state index contributed by atoms with van der Waals surface area (Å²) >= 11 is 0. The fraction of sp³-hybridized carbons (Fsp3) is 0.740. The number of allylic oxidation sites excluding steroid dienone is 16. The highest BCUT2D eigenvalue weighted by Gasteiger charge is 2.29. The van der Waals surface area contributed by atoms with Gasteiger partial charge in [0.2, 0.25) is 0 Å². The molecular formula is C73H128O16P2. The number of phosphoric ester groups is 2. The average Bonchev–Trinajstić information content (AvgIpc) is 3.41. The maximum Gasteiger partial charge on any atom is 0.472 e. The molecule has 0 aliphatic rings. The zero-order valence-corrected chi connectivity index (χ0v) is 58.8. The van der Waals surface area contributed by atoms with E-state index in [4.69, 9.17) is 32.3 Å². The van der Waals surface area contributed by atoms with Gasteiger partial charge in [-0.05, 0) is 122 Å². The molecule has 0 saturated heterocycles. The van der Waals surface area contributed by atoms with Crippen LogP contribution in [0.25, 0.3) is 0 Å². The Hall–Kier alpha value is -3.53. The fourth-order valence-electron chi connectivity index (χ4n) is 9.25. The van der Waals surface area contributed by atoms with Gasteiger partial charge in [-0.25, -0.2) is 9.13 Å². The second-order valence-corrected chi connectivity index (χ2v) is 26.6. The lowest BCUT2D eigenvalue weighted by atomic mass is 10.1. The minimum atomic E-state index is -4.93. The third kappa shape index (κ3) is 67.7. The third-order valence-corrected chi connectivity index (χ3v) is 16.7. The molecule has 0 aromatic heterocycles. The molecule has 526 valence electrons. The van der Waals surface area contributed by atoms with E-state index in [1.165, 1.54) is 83.5 Å². The van der Waals surface area contributed by atoms with E-state index in [9.17, 15) is 43.5 Å². The van der Waals surface area contributed by atoms with Gasteiger partial charge in [0.05, 0.1) is 26.4 Å². The summed E-state index contributed by atoms with van der Waals surface area (Å²) in [6.07, 6.45) is 73.2. The van der Waals surface area contributed by atoms with Gasteiger partial charge in [0.1, 0.15) is 25.4 Å². The molecule has 5 unspecified atom stereocenters. The van der Waals surface area contributed by atoms with Gasteiger partial charge in [-0.15, -0.1) is 0 Å². The van der Waals surface area contributed by atoms with Gasteiger partial charge in [-0.1, -0.05) is 246 Å². The Kier molecular flexibility index (Phi) is 63.9. The normalized spacial score (nSPS) is 14.8. The van der Waals surface area contributed by atoms with Crippen molar-refractivity contribution in [2.24, 2.45) is 0 Å². The van der Waals surface area contributed by atoms with Crippen LogP contribution in [0.5, 0.6) is 0 Å². The molecule has 0 rings (SSSR count). The minimum absolute atomic E-state index is 0.0905. The lowest BCUT2D eigenvalue weighted by molar-refractivity contribution is -0.161. The monoisotopic (exact) mass is 1320 g/mol. The molecule has 0 radical (unpaired) electrons. The van der Waals surface area contributed by atoms with E-state index < -0.39 is 91.5 Å². The molecule has 0 heterocycles. The van der Waals surface area contributed by atoms with Gasteiger partial charge in [0, 0.05) is 19.3 Å². The number of carbonyl (C=O) groups excluding carboxylic acids is 3. The number of phosphoric acid groups is 2. The van der Waals surface area contributed by atoms with Crippen molar-refractivity contribution in [2.75, 3.05) is 39.6 Å². The Morgan fingerprint density at radius 3 is 0.912 bits per heavy atom. The fourth-order valence-corrected chi connectivity index (χ4v) is 10.8. The molecule has 0 aromatic rings. The SMILES string of the molecule is CCCC/C=C\CCCCCCCC(=O)OC(COC(=O)CCCCCCCC/C=C\C/C=C\C/C=C\CCCCC)COP(=O)(O)OCC(O)COP(=O)(O)OCC(O)COC(=O)CCCCCCCCCCC/C=C\C/C=C\C/C=C\C/C=C\CCCCC. The summed E-state index contributed by atoms with van der Waals surface area (Å²) in [7, 11) is -9.78. The number of aliphatic hydroxyl groups excluding tert-OH is 2. The van der Waals surface area contributed by atoms with Gasteiger partial charge >= 0.3 is 33.6 Å². The van der Waals surface area contributed by atoms with Gasteiger partial charge < -0.3 is 34.2 Å². The van der Waals surface area contributed by atoms with Crippen LogP contribution in [0.15, 0.2) is 97.2 Å². The van der Waals surface area contributed by atoms with Crippen LogP contribution in [0.1, 0.15) is 290 Å². The van der Waals surface area contributed by atoms with Crippen LogP contribution in [0, 0.1) is 0 Å². The largest absolute Gasteiger partial charge is 0.472 e. The molecule has 4 N–H and O–H groups in total. The van der Waals surface area contributed by atoms with Crippen LogP contribution in [-0.2, 0) is 55.8 Å². The van der Waals surface area contributed by atoms with Crippen molar-refractivity contribution < 1.29 is 75.8 Å². The number of hydrogen-bond acceptors (Lipinski definition) is 14. The summed E-state index contributed by atoms with van der Waals surface area (Å²) in [5.74, 6) is -1.60. The Morgan fingerprint density at radius 2 is 0.560 bits per heavy atom. The van der Waals surface area contributed by atoms with Gasteiger partial charge in [-0.2, -0.15) is 0 Å². The van der Waals surface area contributed by atoms with E-state index in [1.807, 2.05) is 0 Å². The molecule has 16 nitrogen and oxygen atoms in total. The van der Waals surface area contributed by atoms with Crippen molar-refractivity contribution >= 4 is 33.6 Å². The zero-order valence-electron chi connectivity index (χ0n) is 57.0. The van der Waals surface area contributed by atoms with E-state index in [2.05, 4.69) is 118 Å². The van der Waals surface area contributed by atoms with Crippen molar-refractivity contribution in [3.8, 4) is 0 Å². The molecule has 0 aliphatic heterocycles. The number of esters is 3. The maximum atomic E-state index is 12.9. The number of aliphatic hydroxyl groups is 2. The molecular weight excluding hydrogens is 1190 g/mol. The molecule has 0 fully saturated rings. The summed E-state index contributed by atoms with van der Waals surface area (Å²) < 4.78 is 60.8. The number of rotatable bonds is 67. The average molecular weight is 1320 g/mol. The van der Waals surface area contributed by atoms with Crippen molar-refractivity contribution in [1.29, 1.82) is 0 Å². The lowest BCUT2D eigenvalue weighted by Gasteiger charge is -2.21. The molecule has 0 amide bonds. The summed E-state index contributed by atoms with van der Waals surface area (Å²) in [5.41, 5.74) is 0. The number of carbonyl (C=O) groups is 3. The molecule has 0 aromatic carbocycles. The Bertz CT molecular complexity index is 2050. The van der Waals surface area contributed by atoms with Crippen LogP contribution in [0.3, 0.4) is 0 Å². The summed E-state index contributed by atoms with van der Waals surface area (Å²) in [6.45, 7) is 2.55. The predicted octanol–water partition coefficient (Wildman–Crippen LogP) is 19.9. The topological polar surface area (TPSA) is 231 Å². The molecule has 0 spiro atoms. The molecule has 5 atom stereocenters. The Balaban J connectivity index is 4.53. The van der Waals surface area contributed by atoms with Crippen LogP contribution in [-0.4, -0.2) is 95.9 Å². The zero-order chi connectivity index (χ0) is 66.7. The number of hydrogen-bond donors (Lipinski definition) is 4. The predicted molar refractivity (Wildman–Crippen MR) is 371 cm³/mol. The maximum absolute atomic E-state index is 12.9. The highest BCUT2D eigenvalue weighted by atomic mass is 31.2. The van der Waals surface area contributed by atoms with Crippen molar-refractivity contribution in [3.63, 3.8) is 0 Å². The lowest BCUT2D eigenvalue weighted by Crippen LogP contribution is -2.30. The first kappa shape index (κ1) is 87.5. The first-order valence-corrected chi connectivity index (χ1v) is 38.5. The van der Waals surface area contributed by atoms with Gasteiger partial charge in [-0.3, -0.25) is 32.5 Å². The van der Waals surface area contributed by atoms with Gasteiger partial charge in [0.15, 0.2) is 6.10 Å². The second-order valence-electron chi connectivity index (χ2n) is 23.7. The summed E-state index contributed by atoms with van der Waals surface area (Å²) in [6, 6.07) is 0. The van der Waals surface area contributed by atoms with E-state index in [0.717, 1.165) is 148 Å². The quantitative estimate of drug-likeness (QED) is 0.0146. The first-order chi connectivity index (χ1) is 44.2. The smallest absolute Gasteiger partial charge is 0.463 e. The highest BCUT2D eigenvalue weighted by molar-refractivity contribution is 7.47. The van der Waals surface area contributed by atoms with Crippen LogP contribution < -0.4 is 0 Å². The van der Waals surface area contributed by atoms with Crippen molar-refractivity contribution in [3.05, 3.63) is 97.2 Å². The molecule has 18 heteroatoms. The third-order valence-electron chi connectivity index (χ3n) is 14.8. The van der Waals surface area contributed by atoms with Crippen LogP contribution in [0.4, 0.5) is 0 Å².